The van der Waals surface area contributed by atoms with Gasteiger partial charge in [-0.25, -0.2) is 0 Å². The van der Waals surface area contributed by atoms with Crippen LogP contribution in [0, 0.1) is 0 Å². The monoisotopic (exact) mass is 304 g/mol. The molecule has 0 aromatic heterocycles. The van der Waals surface area contributed by atoms with Crippen LogP contribution in [0.5, 0.6) is 0 Å². The number of carbonyl (C=O) groups is 1. The number of allylic oxidation sites excluding steroid dienone is 1. The number of ether oxygens (including phenoxy) is 2. The molecule has 3 atom stereocenters. The quantitative estimate of drug-likeness (QED) is 0.339. The Morgan fingerprint density at radius 1 is 1.53 bits per heavy atom. The van der Waals surface area contributed by atoms with Crippen LogP contribution in [-0.2, 0) is 14.3 Å². The maximum Gasteiger partial charge on any atom is 0.302 e. The van der Waals surface area contributed by atoms with Crippen molar-refractivity contribution in [3.8, 4) is 0 Å². The van der Waals surface area contributed by atoms with Gasteiger partial charge >= 0.3 is 5.97 Å². The summed E-state index contributed by atoms with van der Waals surface area (Å²) >= 11 is 3.67. The largest absolute Gasteiger partial charge is 0.466 e. The second-order valence-electron chi connectivity index (χ2n) is 4.37. The molecule has 1 aliphatic rings. The van der Waals surface area contributed by atoms with Gasteiger partial charge in [-0.3, -0.25) is 4.79 Å². The minimum atomic E-state index is -0.209. The minimum absolute atomic E-state index is 0.209. The molecule has 0 radical (unpaired) electrons. The lowest BCUT2D eigenvalue weighted by Crippen LogP contribution is -2.32. The maximum atomic E-state index is 10.6. The number of hydrogen-bond donors (Lipinski definition) is 0. The molecule has 0 spiro atoms. The summed E-state index contributed by atoms with van der Waals surface area (Å²) < 4.78 is 10.9. The molecule has 0 bridgehead atoms. The molecule has 3 nitrogen and oxygen atoms in total. The lowest BCUT2D eigenvalue weighted by Gasteiger charge is -2.31. The van der Waals surface area contributed by atoms with Crippen molar-refractivity contribution in [2.75, 3.05) is 6.61 Å². The summed E-state index contributed by atoms with van der Waals surface area (Å²) in [6.45, 7) is 3.95. The fourth-order valence-corrected chi connectivity index (χ4v) is 2.83. The number of halogens is 1. The van der Waals surface area contributed by atoms with E-state index in [-0.39, 0.29) is 18.2 Å². The Bertz CT molecular complexity index is 265. The Morgan fingerprint density at radius 3 is 2.94 bits per heavy atom. The van der Waals surface area contributed by atoms with Gasteiger partial charge in [-0.2, -0.15) is 0 Å². The summed E-state index contributed by atoms with van der Waals surface area (Å²) in [7, 11) is 0. The van der Waals surface area contributed by atoms with Crippen LogP contribution in [0.2, 0.25) is 0 Å². The Kier molecular flexibility index (Phi) is 6.82. The molecule has 1 saturated heterocycles. The van der Waals surface area contributed by atoms with Gasteiger partial charge in [0, 0.05) is 11.8 Å². The molecule has 1 rings (SSSR count). The van der Waals surface area contributed by atoms with Crippen LogP contribution in [0.15, 0.2) is 12.2 Å². The second-order valence-corrected chi connectivity index (χ2v) is 5.67. The highest BCUT2D eigenvalue weighted by Gasteiger charge is 2.26. The molecule has 0 aromatic carbocycles. The van der Waals surface area contributed by atoms with Crippen LogP contribution in [-0.4, -0.2) is 29.6 Å². The van der Waals surface area contributed by atoms with Gasteiger partial charge in [0.1, 0.15) is 0 Å². The average Bonchev–Trinajstić information content (AvgIpc) is 2.24. The van der Waals surface area contributed by atoms with E-state index in [4.69, 9.17) is 9.47 Å². The van der Waals surface area contributed by atoms with Crippen molar-refractivity contribution in [3.05, 3.63) is 12.2 Å². The maximum absolute atomic E-state index is 10.6. The zero-order valence-corrected chi connectivity index (χ0v) is 12.1. The molecule has 0 N–H and O–H groups in total. The van der Waals surface area contributed by atoms with Crippen molar-refractivity contribution >= 4 is 21.9 Å². The molecule has 4 heteroatoms. The minimum Gasteiger partial charge on any atom is -0.466 e. The highest BCUT2D eigenvalue weighted by molar-refractivity contribution is 9.09. The van der Waals surface area contributed by atoms with E-state index in [0.29, 0.717) is 11.4 Å². The smallest absolute Gasteiger partial charge is 0.302 e. The molecule has 0 saturated carbocycles. The van der Waals surface area contributed by atoms with E-state index in [1.165, 1.54) is 6.92 Å². The molecule has 0 amide bonds. The fourth-order valence-electron chi connectivity index (χ4n) is 2.04. The van der Waals surface area contributed by atoms with E-state index in [2.05, 4.69) is 22.0 Å². The van der Waals surface area contributed by atoms with E-state index in [9.17, 15) is 4.79 Å². The first-order valence-electron chi connectivity index (χ1n) is 6.17. The van der Waals surface area contributed by atoms with Gasteiger partial charge in [0.25, 0.3) is 0 Å². The van der Waals surface area contributed by atoms with Gasteiger partial charge in [0.15, 0.2) is 0 Å². The first-order valence-corrected chi connectivity index (χ1v) is 7.09. The third-order valence-electron chi connectivity index (χ3n) is 2.76. The van der Waals surface area contributed by atoms with Crippen LogP contribution in [0.1, 0.15) is 39.5 Å². The number of carbonyl (C=O) groups excluding carboxylic acids is 1. The Hall–Kier alpha value is -0.350. The molecule has 1 aliphatic heterocycles. The fraction of sp³-hybridized carbons (Fsp3) is 0.769. The number of rotatable bonds is 5. The van der Waals surface area contributed by atoms with E-state index in [0.717, 1.165) is 25.7 Å². The predicted octanol–water partition coefficient (Wildman–Crippen LogP) is 3.22. The zero-order chi connectivity index (χ0) is 12.7. The van der Waals surface area contributed by atoms with E-state index in [1.54, 1.807) is 0 Å². The lowest BCUT2D eigenvalue weighted by molar-refractivity contribution is -0.141. The summed E-state index contributed by atoms with van der Waals surface area (Å²) in [5.41, 5.74) is 0. The first kappa shape index (κ1) is 14.7. The first-order chi connectivity index (χ1) is 8.11. The molecule has 17 heavy (non-hydrogen) atoms. The standard InChI is InChI=1S/C13H21BrO3/c1-3-5-12-8-11(14)9-13(17-12)6-4-7-16-10(2)15/h3,5,11-13H,4,6-9H2,1-2H3/b5-3+/t11-,12+,13-/m1/s1. The third-order valence-corrected chi connectivity index (χ3v) is 3.50. The van der Waals surface area contributed by atoms with Crippen molar-refractivity contribution in [3.63, 3.8) is 0 Å². The van der Waals surface area contributed by atoms with Crippen LogP contribution in [0.25, 0.3) is 0 Å². The molecule has 0 aromatic rings. The molecule has 0 aliphatic carbocycles. The number of esters is 1. The van der Waals surface area contributed by atoms with E-state index >= 15 is 0 Å². The highest BCUT2D eigenvalue weighted by Crippen LogP contribution is 2.28. The molecule has 98 valence electrons. The summed E-state index contributed by atoms with van der Waals surface area (Å²) in [6.07, 6.45) is 8.51. The van der Waals surface area contributed by atoms with Gasteiger partial charge < -0.3 is 9.47 Å². The highest BCUT2D eigenvalue weighted by atomic mass is 79.9. The second kappa shape index (κ2) is 7.88. The van der Waals surface area contributed by atoms with Gasteiger partial charge in [-0.05, 0) is 32.6 Å². The van der Waals surface area contributed by atoms with Crippen LogP contribution in [0.4, 0.5) is 0 Å². The van der Waals surface area contributed by atoms with Crippen molar-refractivity contribution in [1.82, 2.24) is 0 Å². The Labute approximate surface area is 112 Å². The van der Waals surface area contributed by atoms with Crippen molar-refractivity contribution in [2.24, 2.45) is 0 Å². The summed E-state index contributed by atoms with van der Waals surface area (Å²) in [4.78, 5) is 11.1. The summed E-state index contributed by atoms with van der Waals surface area (Å²) in [5.74, 6) is -0.209. The van der Waals surface area contributed by atoms with Crippen molar-refractivity contribution in [2.45, 2.75) is 56.6 Å². The zero-order valence-electron chi connectivity index (χ0n) is 10.5. The number of hydrogen-bond acceptors (Lipinski definition) is 3. The predicted molar refractivity (Wildman–Crippen MR) is 71.3 cm³/mol. The SMILES string of the molecule is C/C=C/[C@H]1C[C@@H](Br)C[C@@H](CCCOC(C)=O)O1. The lowest BCUT2D eigenvalue weighted by atomic mass is 10.0. The molecular formula is C13H21BrO3. The van der Waals surface area contributed by atoms with E-state index in [1.807, 2.05) is 13.0 Å². The van der Waals surface area contributed by atoms with Gasteiger partial charge in [0.2, 0.25) is 0 Å². The van der Waals surface area contributed by atoms with Crippen molar-refractivity contribution < 1.29 is 14.3 Å². The van der Waals surface area contributed by atoms with Gasteiger partial charge in [-0.15, -0.1) is 0 Å². The molecule has 0 unspecified atom stereocenters. The van der Waals surface area contributed by atoms with Crippen LogP contribution >= 0.6 is 15.9 Å². The molecule has 1 fully saturated rings. The van der Waals surface area contributed by atoms with Crippen LogP contribution < -0.4 is 0 Å². The third kappa shape index (κ3) is 6.22. The summed E-state index contributed by atoms with van der Waals surface area (Å²) in [6, 6.07) is 0. The Balaban J connectivity index is 2.25. The summed E-state index contributed by atoms with van der Waals surface area (Å²) in [5, 5.41) is 0. The van der Waals surface area contributed by atoms with Crippen LogP contribution in [0.3, 0.4) is 0 Å². The Morgan fingerprint density at radius 2 is 2.29 bits per heavy atom. The van der Waals surface area contributed by atoms with Gasteiger partial charge in [0.05, 0.1) is 18.8 Å². The van der Waals surface area contributed by atoms with E-state index < -0.39 is 0 Å². The topological polar surface area (TPSA) is 35.5 Å². The molecular weight excluding hydrogens is 284 g/mol. The molecule has 1 heterocycles. The number of alkyl halides is 1. The van der Waals surface area contributed by atoms with Gasteiger partial charge in [-0.1, -0.05) is 28.1 Å². The normalized spacial score (nSPS) is 29.5. The van der Waals surface area contributed by atoms with Crippen molar-refractivity contribution in [1.29, 1.82) is 0 Å². The average molecular weight is 305 g/mol.